The Balaban J connectivity index is 1.61. The third-order valence-electron chi connectivity index (χ3n) is 3.74. The lowest BCUT2D eigenvalue weighted by atomic mass is 10.2. The van der Waals surface area contributed by atoms with Crippen LogP contribution in [0.3, 0.4) is 0 Å². The summed E-state index contributed by atoms with van der Waals surface area (Å²) in [5.41, 5.74) is 1.29. The molecule has 1 aliphatic rings. The second-order valence-electron chi connectivity index (χ2n) is 5.15. The van der Waals surface area contributed by atoms with E-state index >= 15 is 0 Å². The average Bonchev–Trinajstić information content (AvgIpc) is 3.08. The number of nitrogens with one attached hydrogen (secondary N) is 1. The van der Waals surface area contributed by atoms with Gasteiger partial charge in [-0.25, -0.2) is 0 Å². The van der Waals surface area contributed by atoms with Crippen LogP contribution in [0.25, 0.3) is 0 Å². The first-order valence-electron chi connectivity index (χ1n) is 6.58. The van der Waals surface area contributed by atoms with E-state index in [-0.39, 0.29) is 0 Å². The molecule has 0 amide bonds. The molecule has 0 aromatic carbocycles. The minimum absolute atomic E-state index is 0.633. The van der Waals surface area contributed by atoms with Gasteiger partial charge in [-0.15, -0.1) is 0 Å². The number of nitrogens with zero attached hydrogens (tertiary/aromatic N) is 3. The molecule has 0 spiro atoms. The summed E-state index contributed by atoms with van der Waals surface area (Å²) in [5, 5.41) is 7.70. The summed E-state index contributed by atoms with van der Waals surface area (Å²) >= 11 is 0. The lowest BCUT2D eigenvalue weighted by Gasteiger charge is -2.24. The molecule has 1 aromatic rings. The highest BCUT2D eigenvalue weighted by Crippen LogP contribution is 2.26. The molecule has 17 heavy (non-hydrogen) atoms. The van der Waals surface area contributed by atoms with Gasteiger partial charge in [0.25, 0.3) is 0 Å². The first kappa shape index (κ1) is 12.6. The van der Waals surface area contributed by atoms with E-state index in [0.717, 1.165) is 25.6 Å². The largest absolute Gasteiger partial charge is 0.315 e. The Morgan fingerprint density at radius 1 is 1.59 bits per heavy atom. The molecule has 4 nitrogen and oxygen atoms in total. The molecule has 1 atom stereocenters. The molecule has 0 bridgehead atoms. The van der Waals surface area contributed by atoms with Crippen LogP contribution in [-0.2, 0) is 13.5 Å². The van der Waals surface area contributed by atoms with Gasteiger partial charge in [0.2, 0.25) is 0 Å². The van der Waals surface area contributed by atoms with E-state index in [1.807, 2.05) is 17.9 Å². The molecule has 1 aliphatic carbocycles. The Morgan fingerprint density at radius 3 is 2.94 bits per heavy atom. The van der Waals surface area contributed by atoms with Gasteiger partial charge in [0, 0.05) is 50.5 Å². The fourth-order valence-electron chi connectivity index (χ4n) is 2.16. The summed E-state index contributed by atoms with van der Waals surface area (Å²) < 4.78 is 1.95. The smallest absolute Gasteiger partial charge is 0.0492 e. The molecule has 1 aromatic heterocycles. The van der Waals surface area contributed by atoms with Crippen LogP contribution in [-0.4, -0.2) is 46.9 Å². The van der Waals surface area contributed by atoms with Gasteiger partial charge in [-0.1, -0.05) is 0 Å². The highest BCUT2D eigenvalue weighted by Gasteiger charge is 2.28. The van der Waals surface area contributed by atoms with Crippen molar-refractivity contribution in [3.05, 3.63) is 18.0 Å². The SMILES string of the molecule is CC(CNCCc1ccnn1C)N(C)C1CC1. The van der Waals surface area contributed by atoms with E-state index in [2.05, 4.69) is 35.4 Å². The molecule has 0 radical (unpaired) electrons. The van der Waals surface area contributed by atoms with Crippen molar-refractivity contribution in [1.29, 1.82) is 0 Å². The van der Waals surface area contributed by atoms with Gasteiger partial charge in [0.15, 0.2) is 0 Å². The van der Waals surface area contributed by atoms with Crippen molar-refractivity contribution in [2.24, 2.45) is 7.05 Å². The Labute approximate surface area is 104 Å². The molecular weight excluding hydrogens is 212 g/mol. The van der Waals surface area contributed by atoms with Crippen molar-refractivity contribution in [3.8, 4) is 0 Å². The first-order valence-corrected chi connectivity index (χ1v) is 6.58. The second kappa shape index (κ2) is 5.65. The monoisotopic (exact) mass is 236 g/mol. The number of rotatable bonds is 7. The predicted octanol–water partition coefficient (Wildman–Crippen LogP) is 1.03. The maximum absolute atomic E-state index is 4.17. The molecule has 1 fully saturated rings. The van der Waals surface area contributed by atoms with E-state index in [0.29, 0.717) is 6.04 Å². The quantitative estimate of drug-likeness (QED) is 0.718. The van der Waals surface area contributed by atoms with Crippen LogP contribution in [0.4, 0.5) is 0 Å². The number of aryl methyl sites for hydroxylation is 1. The zero-order valence-electron chi connectivity index (χ0n) is 11.2. The highest BCUT2D eigenvalue weighted by molar-refractivity contribution is 5.00. The van der Waals surface area contributed by atoms with E-state index in [4.69, 9.17) is 0 Å². The van der Waals surface area contributed by atoms with Crippen molar-refractivity contribution < 1.29 is 0 Å². The summed E-state index contributed by atoms with van der Waals surface area (Å²) in [5.74, 6) is 0. The fraction of sp³-hybridized carbons (Fsp3) is 0.769. The number of hydrogen-bond acceptors (Lipinski definition) is 3. The molecular formula is C13H24N4. The van der Waals surface area contributed by atoms with Gasteiger partial charge in [0.1, 0.15) is 0 Å². The van der Waals surface area contributed by atoms with Crippen LogP contribution < -0.4 is 5.32 Å². The van der Waals surface area contributed by atoms with Gasteiger partial charge < -0.3 is 5.32 Å². The molecule has 4 heteroatoms. The van der Waals surface area contributed by atoms with Crippen LogP contribution in [0.2, 0.25) is 0 Å². The third kappa shape index (κ3) is 3.54. The summed E-state index contributed by atoms with van der Waals surface area (Å²) in [6.45, 7) is 4.41. The van der Waals surface area contributed by atoms with E-state index in [1.165, 1.54) is 18.5 Å². The molecule has 1 N–H and O–H groups in total. The third-order valence-corrected chi connectivity index (χ3v) is 3.74. The van der Waals surface area contributed by atoms with Gasteiger partial charge in [-0.2, -0.15) is 5.10 Å². The van der Waals surface area contributed by atoms with Gasteiger partial charge in [0.05, 0.1) is 0 Å². The van der Waals surface area contributed by atoms with E-state index in [9.17, 15) is 0 Å². The van der Waals surface area contributed by atoms with Crippen molar-refractivity contribution in [2.75, 3.05) is 20.1 Å². The minimum atomic E-state index is 0.633. The van der Waals surface area contributed by atoms with E-state index < -0.39 is 0 Å². The Kier molecular flexibility index (Phi) is 4.18. The topological polar surface area (TPSA) is 33.1 Å². The zero-order chi connectivity index (χ0) is 12.3. The van der Waals surface area contributed by atoms with Crippen molar-refractivity contribution >= 4 is 0 Å². The maximum atomic E-state index is 4.17. The van der Waals surface area contributed by atoms with E-state index in [1.54, 1.807) is 0 Å². The van der Waals surface area contributed by atoms with Crippen LogP contribution in [0.5, 0.6) is 0 Å². The first-order chi connectivity index (χ1) is 8.18. The van der Waals surface area contributed by atoms with Crippen molar-refractivity contribution in [1.82, 2.24) is 20.0 Å². The highest BCUT2D eigenvalue weighted by atomic mass is 15.3. The molecule has 96 valence electrons. The van der Waals surface area contributed by atoms with Gasteiger partial charge in [-0.3, -0.25) is 9.58 Å². The fourth-order valence-corrected chi connectivity index (χ4v) is 2.16. The molecule has 1 heterocycles. The summed E-state index contributed by atoms with van der Waals surface area (Å²) in [6.07, 6.45) is 5.68. The molecule has 2 rings (SSSR count). The number of likely N-dealkylation sites (N-methyl/N-ethyl adjacent to an activating group) is 1. The Bertz CT molecular complexity index is 343. The molecule has 0 aliphatic heterocycles. The van der Waals surface area contributed by atoms with Crippen LogP contribution >= 0.6 is 0 Å². The second-order valence-corrected chi connectivity index (χ2v) is 5.15. The normalized spacial score (nSPS) is 17.6. The molecule has 1 saturated carbocycles. The standard InChI is InChI=1S/C13H24N4/c1-11(16(2)12-4-5-12)10-14-8-6-13-7-9-15-17(13)3/h7,9,11-12,14H,4-6,8,10H2,1-3H3. The maximum Gasteiger partial charge on any atom is 0.0492 e. The summed E-state index contributed by atoms with van der Waals surface area (Å²) in [7, 11) is 4.24. The van der Waals surface area contributed by atoms with Crippen molar-refractivity contribution in [2.45, 2.75) is 38.3 Å². The summed E-state index contributed by atoms with van der Waals surface area (Å²) in [4.78, 5) is 2.50. The molecule has 1 unspecified atom stereocenters. The lowest BCUT2D eigenvalue weighted by Crippen LogP contribution is -2.39. The minimum Gasteiger partial charge on any atom is -0.315 e. The van der Waals surface area contributed by atoms with Crippen molar-refractivity contribution in [3.63, 3.8) is 0 Å². The zero-order valence-corrected chi connectivity index (χ0v) is 11.2. The summed E-state index contributed by atoms with van der Waals surface area (Å²) in [6, 6.07) is 3.57. The molecule has 0 saturated heterocycles. The lowest BCUT2D eigenvalue weighted by molar-refractivity contribution is 0.241. The predicted molar refractivity (Wildman–Crippen MR) is 70.0 cm³/mol. The average molecular weight is 236 g/mol. The number of aromatic nitrogens is 2. The Morgan fingerprint density at radius 2 is 2.35 bits per heavy atom. The van der Waals surface area contributed by atoms with Gasteiger partial charge in [-0.05, 0) is 32.9 Å². The van der Waals surface area contributed by atoms with Crippen LogP contribution in [0.1, 0.15) is 25.5 Å². The van der Waals surface area contributed by atoms with Crippen LogP contribution in [0.15, 0.2) is 12.3 Å². The number of hydrogen-bond donors (Lipinski definition) is 1. The van der Waals surface area contributed by atoms with Crippen LogP contribution in [0, 0.1) is 0 Å². The van der Waals surface area contributed by atoms with Gasteiger partial charge >= 0.3 is 0 Å². The Hall–Kier alpha value is -0.870.